The number of aromatic nitrogens is 1. The van der Waals surface area contributed by atoms with Gasteiger partial charge in [-0.3, -0.25) is 9.78 Å². The molecule has 2 atom stereocenters. The van der Waals surface area contributed by atoms with Crippen molar-refractivity contribution in [1.29, 1.82) is 0 Å². The first-order valence-corrected chi connectivity index (χ1v) is 14.4. The van der Waals surface area contributed by atoms with E-state index in [1.54, 1.807) is 42.6 Å². The Bertz CT molecular complexity index is 1500. The molecule has 3 aromatic rings. The van der Waals surface area contributed by atoms with Gasteiger partial charge in [-0.1, -0.05) is 43.3 Å². The number of aryl methyl sites for hydroxylation is 1. The number of aliphatic hydroxyl groups is 1. The van der Waals surface area contributed by atoms with Gasteiger partial charge in [-0.2, -0.15) is 13.2 Å². The summed E-state index contributed by atoms with van der Waals surface area (Å²) >= 11 is 0. The lowest BCUT2D eigenvalue weighted by Crippen LogP contribution is -2.35. The molecule has 0 spiro atoms. The fourth-order valence-corrected chi connectivity index (χ4v) is 5.33. The monoisotopic (exact) mass is 592 g/mol. The van der Waals surface area contributed by atoms with Gasteiger partial charge in [0.05, 0.1) is 11.3 Å². The van der Waals surface area contributed by atoms with Crippen LogP contribution in [0.3, 0.4) is 0 Å². The summed E-state index contributed by atoms with van der Waals surface area (Å²) in [5.41, 5.74) is 3.15. The van der Waals surface area contributed by atoms with Crippen LogP contribution in [0.5, 0.6) is 0 Å². The zero-order valence-electron chi connectivity index (χ0n) is 24.1. The highest BCUT2D eigenvalue weighted by Gasteiger charge is 2.40. The molecule has 7 nitrogen and oxygen atoms in total. The van der Waals surface area contributed by atoms with E-state index in [-0.39, 0.29) is 12.8 Å². The molecule has 2 aromatic carbocycles. The van der Waals surface area contributed by atoms with E-state index in [0.717, 1.165) is 35.2 Å². The number of anilines is 2. The zero-order chi connectivity index (χ0) is 30.6. The van der Waals surface area contributed by atoms with E-state index in [0.29, 0.717) is 36.3 Å². The lowest BCUT2D eigenvalue weighted by atomic mass is 10.0. The van der Waals surface area contributed by atoms with Gasteiger partial charge in [-0.25, -0.2) is 0 Å². The van der Waals surface area contributed by atoms with E-state index in [1.165, 1.54) is 0 Å². The summed E-state index contributed by atoms with van der Waals surface area (Å²) in [6.45, 7) is 5.38. The summed E-state index contributed by atoms with van der Waals surface area (Å²) in [5.74, 6) is -0.966. The molecule has 1 fully saturated rings. The topological polar surface area (TPSA) is 86.7 Å². The summed E-state index contributed by atoms with van der Waals surface area (Å²) in [4.78, 5) is 19.5. The van der Waals surface area contributed by atoms with Crippen LogP contribution in [0, 0.1) is 12.8 Å². The fourth-order valence-electron chi connectivity index (χ4n) is 5.33. The normalized spacial score (nSPS) is 18.3. The van der Waals surface area contributed by atoms with E-state index >= 15 is 0 Å². The van der Waals surface area contributed by atoms with Crippen molar-refractivity contribution in [2.75, 3.05) is 23.7 Å². The molecular formula is C33H35F3N4O3. The van der Waals surface area contributed by atoms with Gasteiger partial charge in [-0.05, 0) is 80.0 Å². The minimum Gasteiger partial charge on any atom is -0.435 e. The molecule has 1 amide bonds. The molecule has 1 saturated heterocycles. The predicted octanol–water partition coefficient (Wildman–Crippen LogP) is 7.30. The molecule has 0 saturated carbocycles. The number of nitrogens with one attached hydrogen (secondary N) is 2. The number of pyridine rings is 1. The van der Waals surface area contributed by atoms with Gasteiger partial charge < -0.3 is 25.4 Å². The fraction of sp³-hybridized carbons (Fsp3) is 0.333. The van der Waals surface area contributed by atoms with Gasteiger partial charge in [0, 0.05) is 36.2 Å². The smallest absolute Gasteiger partial charge is 0.416 e. The first-order chi connectivity index (χ1) is 20.6. The Morgan fingerprint density at radius 3 is 2.51 bits per heavy atom. The second-order valence-electron chi connectivity index (χ2n) is 11.0. The largest absolute Gasteiger partial charge is 0.435 e. The molecule has 1 aromatic heterocycles. The van der Waals surface area contributed by atoms with Crippen LogP contribution in [0.2, 0.25) is 0 Å². The highest BCUT2D eigenvalue weighted by Crippen LogP contribution is 2.37. The molecule has 10 heteroatoms. The van der Waals surface area contributed by atoms with Crippen LogP contribution < -0.4 is 10.6 Å². The minimum absolute atomic E-state index is 0.131. The number of halogens is 3. The number of likely N-dealkylation sites (tertiary alicyclic amines) is 1. The maximum Gasteiger partial charge on any atom is 0.416 e. The number of carbonyl (C=O) groups excluding carboxylic acids is 1. The molecule has 226 valence electrons. The van der Waals surface area contributed by atoms with Crippen LogP contribution in [0.4, 0.5) is 24.5 Å². The number of ether oxygens (including phenoxy) is 1. The molecule has 2 unspecified atom stereocenters. The lowest BCUT2D eigenvalue weighted by Gasteiger charge is -2.33. The molecule has 43 heavy (non-hydrogen) atoms. The first kappa shape index (κ1) is 30.2. The number of hydrogen-bond donors (Lipinski definition) is 3. The molecule has 0 bridgehead atoms. The van der Waals surface area contributed by atoms with Gasteiger partial charge in [-0.15, -0.1) is 0 Å². The Morgan fingerprint density at radius 1 is 1.09 bits per heavy atom. The van der Waals surface area contributed by atoms with Crippen LogP contribution in [-0.2, 0) is 9.53 Å². The number of nitrogens with zero attached hydrogens (tertiary/aromatic N) is 2. The van der Waals surface area contributed by atoms with Gasteiger partial charge in [0.25, 0.3) is 5.91 Å². The highest BCUT2D eigenvalue weighted by atomic mass is 19.4. The van der Waals surface area contributed by atoms with Crippen LogP contribution in [-0.4, -0.2) is 40.2 Å². The van der Waals surface area contributed by atoms with Crippen molar-refractivity contribution in [3.05, 3.63) is 101 Å². The maximum absolute atomic E-state index is 14.0. The number of hydrogen-bond acceptors (Lipinski definition) is 6. The zero-order valence-corrected chi connectivity index (χ0v) is 24.1. The molecule has 5 rings (SSSR count). The van der Waals surface area contributed by atoms with Crippen molar-refractivity contribution in [3.8, 4) is 11.1 Å². The van der Waals surface area contributed by atoms with Crippen LogP contribution >= 0.6 is 0 Å². The number of carbonyl (C=O) groups is 1. The standard InChI is InChI=1S/C33H35F3N4O3/c1-21-7-6-18-40(20-21)29-11-5-9-26(33(34,35)36)30(43-29)32(42)38-25-15-12-23(13-16-25)24-14-17-28(37-19-24)31(41)39-27-10-4-3-8-22(27)2/h3-4,8,10-17,19,21,31,39,41H,5-7,9,18,20H2,1-2H3,(H,38,42). The van der Waals surface area contributed by atoms with Crippen molar-refractivity contribution in [2.45, 2.75) is 51.9 Å². The third kappa shape index (κ3) is 7.37. The van der Waals surface area contributed by atoms with Gasteiger partial charge in [0.2, 0.25) is 5.76 Å². The average molecular weight is 593 g/mol. The molecule has 2 aliphatic heterocycles. The number of para-hydroxylation sites is 1. The van der Waals surface area contributed by atoms with E-state index < -0.39 is 29.6 Å². The Balaban J connectivity index is 1.27. The number of allylic oxidation sites excluding steroid dienone is 2. The summed E-state index contributed by atoms with van der Waals surface area (Å²) in [6, 6.07) is 17.8. The van der Waals surface area contributed by atoms with Crippen LogP contribution in [0.1, 0.15) is 50.1 Å². The van der Waals surface area contributed by atoms with Crippen molar-refractivity contribution in [2.24, 2.45) is 5.92 Å². The quantitative estimate of drug-likeness (QED) is 0.250. The SMILES string of the molecule is Cc1ccccc1NC(O)c1ccc(-c2ccc(NC(=O)C3=C(C(F)(F)F)CCC=C(N4CCCC(C)C4)O3)cc2)cn1. The number of piperidine rings is 1. The third-order valence-electron chi connectivity index (χ3n) is 7.69. The molecule has 3 heterocycles. The van der Waals surface area contributed by atoms with Crippen LogP contribution in [0.15, 0.2) is 90.2 Å². The van der Waals surface area contributed by atoms with Crippen molar-refractivity contribution >= 4 is 17.3 Å². The number of alkyl halides is 3. The average Bonchev–Trinajstić information content (AvgIpc) is 3.23. The number of benzene rings is 2. The number of aliphatic hydroxyl groups excluding tert-OH is 1. The maximum atomic E-state index is 14.0. The van der Waals surface area contributed by atoms with E-state index in [1.807, 2.05) is 42.2 Å². The Labute approximate surface area is 249 Å². The lowest BCUT2D eigenvalue weighted by molar-refractivity contribution is -0.119. The summed E-state index contributed by atoms with van der Waals surface area (Å²) < 4.78 is 47.6. The van der Waals surface area contributed by atoms with E-state index in [9.17, 15) is 23.1 Å². The van der Waals surface area contributed by atoms with Crippen LogP contribution in [0.25, 0.3) is 11.1 Å². The van der Waals surface area contributed by atoms with Crippen molar-refractivity contribution in [3.63, 3.8) is 0 Å². The Hall–Kier alpha value is -4.31. The molecular weight excluding hydrogens is 557 g/mol. The van der Waals surface area contributed by atoms with Gasteiger partial charge in [0.1, 0.15) is 0 Å². The molecule has 0 aliphatic carbocycles. The number of rotatable bonds is 7. The third-order valence-corrected chi connectivity index (χ3v) is 7.69. The van der Waals surface area contributed by atoms with Gasteiger partial charge >= 0.3 is 6.18 Å². The Morgan fingerprint density at radius 2 is 1.84 bits per heavy atom. The molecule has 2 aliphatic rings. The molecule has 0 radical (unpaired) electrons. The highest BCUT2D eigenvalue weighted by molar-refractivity contribution is 6.03. The van der Waals surface area contributed by atoms with Gasteiger partial charge in [0.15, 0.2) is 12.1 Å². The van der Waals surface area contributed by atoms with Crippen molar-refractivity contribution < 1.29 is 27.8 Å². The number of amides is 1. The molecule has 3 N–H and O–H groups in total. The predicted molar refractivity (Wildman–Crippen MR) is 160 cm³/mol. The van der Waals surface area contributed by atoms with E-state index in [2.05, 4.69) is 22.5 Å². The Kier molecular flexibility index (Phi) is 9.05. The van der Waals surface area contributed by atoms with E-state index in [4.69, 9.17) is 4.74 Å². The summed E-state index contributed by atoms with van der Waals surface area (Å²) in [7, 11) is 0. The summed E-state index contributed by atoms with van der Waals surface area (Å²) in [5, 5.41) is 16.2. The summed E-state index contributed by atoms with van der Waals surface area (Å²) in [6.07, 6.45) is -0.668. The minimum atomic E-state index is -4.70. The first-order valence-electron chi connectivity index (χ1n) is 14.4. The second kappa shape index (κ2) is 12.9. The second-order valence-corrected chi connectivity index (χ2v) is 11.0. The van der Waals surface area contributed by atoms with Crippen molar-refractivity contribution in [1.82, 2.24) is 9.88 Å².